The van der Waals surface area contributed by atoms with E-state index in [0.29, 0.717) is 47.5 Å². The number of rotatable bonds is 5. The largest absolute Gasteiger partial charge is 0.365 e. The zero-order valence-corrected chi connectivity index (χ0v) is 22.6. The van der Waals surface area contributed by atoms with Crippen LogP contribution in [0.1, 0.15) is 101 Å². The first-order valence-electron chi connectivity index (χ1n) is 12.7. The highest BCUT2D eigenvalue weighted by molar-refractivity contribution is 5.88. The molecule has 3 aromatic rings. The van der Waals surface area contributed by atoms with Gasteiger partial charge < -0.3 is 9.88 Å². The molecule has 1 aliphatic heterocycles. The highest BCUT2D eigenvalue weighted by Gasteiger charge is 2.26. The molecule has 4 rings (SSSR count). The number of aldehydes is 1. The molecule has 0 aliphatic carbocycles. The third kappa shape index (κ3) is 7.03. The van der Waals surface area contributed by atoms with Crippen molar-refractivity contribution < 1.29 is 13.6 Å². The number of nitrogens with one attached hydrogen (secondary N) is 2. The van der Waals surface area contributed by atoms with E-state index < -0.39 is 11.5 Å². The van der Waals surface area contributed by atoms with E-state index in [1.165, 1.54) is 38.8 Å². The number of hydrogen-bond donors (Lipinski definition) is 2. The number of H-pyrrole nitrogens is 2. The Morgan fingerprint density at radius 2 is 1.83 bits per heavy atom. The van der Waals surface area contributed by atoms with Gasteiger partial charge in [0.05, 0.1) is 16.9 Å². The summed E-state index contributed by atoms with van der Waals surface area (Å²) in [4.78, 5) is 16.2. The lowest BCUT2D eigenvalue weighted by atomic mass is 9.96. The van der Waals surface area contributed by atoms with Crippen molar-refractivity contribution in [2.24, 2.45) is 0 Å². The van der Waals surface area contributed by atoms with Crippen molar-refractivity contribution >= 4 is 22.9 Å². The topological polar surface area (TPSA) is 64.8 Å². The Morgan fingerprint density at radius 1 is 1.20 bits per heavy atom. The van der Waals surface area contributed by atoms with Crippen molar-refractivity contribution in [1.82, 2.24) is 20.1 Å². The van der Waals surface area contributed by atoms with Crippen LogP contribution in [0.5, 0.6) is 0 Å². The van der Waals surface area contributed by atoms with Gasteiger partial charge in [-0.1, -0.05) is 67.0 Å². The lowest BCUT2D eigenvalue weighted by Gasteiger charge is -2.30. The Labute approximate surface area is 209 Å². The lowest BCUT2D eigenvalue weighted by molar-refractivity contribution is 0.111. The van der Waals surface area contributed by atoms with Gasteiger partial charge >= 0.3 is 0 Å². The number of nitrogens with zero attached hydrogens (tertiary/aromatic N) is 2. The molecule has 0 spiro atoms. The molecule has 5 nitrogen and oxygen atoms in total. The highest BCUT2D eigenvalue weighted by Crippen LogP contribution is 2.35. The number of aromatic amines is 2. The number of alkyl halides is 1. The van der Waals surface area contributed by atoms with Crippen LogP contribution in [0.3, 0.4) is 0 Å². The average Bonchev–Trinajstić information content (AvgIpc) is 3.50. The van der Waals surface area contributed by atoms with E-state index >= 15 is 0 Å². The molecular weight excluding hydrogens is 446 g/mol. The van der Waals surface area contributed by atoms with E-state index in [4.69, 9.17) is 0 Å². The normalized spacial score (nSPS) is 12.3. The molecule has 7 heteroatoms. The summed E-state index contributed by atoms with van der Waals surface area (Å²) in [6, 6.07) is 4.49. The summed E-state index contributed by atoms with van der Waals surface area (Å²) in [6.07, 6.45) is 4.07. The van der Waals surface area contributed by atoms with Crippen LogP contribution in [0.15, 0.2) is 24.8 Å². The smallest absolute Gasteiger partial charge is 0.170 e. The molecule has 0 radical (unpaired) electrons. The van der Waals surface area contributed by atoms with Gasteiger partial charge in [-0.3, -0.25) is 9.89 Å². The summed E-state index contributed by atoms with van der Waals surface area (Å²) in [6.45, 7) is 20.6. The Bertz CT molecular complexity index is 1090. The van der Waals surface area contributed by atoms with E-state index in [2.05, 4.69) is 35.6 Å². The maximum atomic E-state index is 14.5. The molecule has 3 heterocycles. The Hall–Kier alpha value is -2.96. The van der Waals surface area contributed by atoms with Crippen molar-refractivity contribution in [3.63, 3.8) is 0 Å². The maximum Gasteiger partial charge on any atom is 0.170 e. The number of hydrogen-bond acceptors (Lipinski definition) is 3. The molecule has 1 aliphatic rings. The monoisotopic (exact) mass is 488 g/mol. The van der Waals surface area contributed by atoms with Gasteiger partial charge in [0.25, 0.3) is 0 Å². The van der Waals surface area contributed by atoms with E-state index in [1.54, 1.807) is 6.07 Å². The predicted octanol–water partition coefficient (Wildman–Crippen LogP) is 7.94. The number of unbranched alkanes of at least 4 members (excludes halogenated alkanes) is 1. The second kappa shape index (κ2) is 13.8. The van der Waals surface area contributed by atoms with Crippen molar-refractivity contribution in [1.29, 1.82) is 0 Å². The zero-order valence-electron chi connectivity index (χ0n) is 22.6. The third-order valence-electron chi connectivity index (χ3n) is 5.65. The Kier molecular flexibility index (Phi) is 11.9. The van der Waals surface area contributed by atoms with Crippen molar-refractivity contribution in [3.8, 4) is 0 Å². The Morgan fingerprint density at radius 3 is 2.37 bits per heavy atom. The predicted molar refractivity (Wildman–Crippen MR) is 143 cm³/mol. The molecule has 0 amide bonds. The van der Waals surface area contributed by atoms with E-state index in [0.717, 1.165) is 17.5 Å². The molecule has 0 fully saturated rings. The summed E-state index contributed by atoms with van der Waals surface area (Å²) < 4.78 is 28.8. The number of fused-ring (bicyclic) bond motifs is 2. The number of carbonyl (C=O) groups excluding carboxylic acids is 1. The number of aromatic nitrogens is 3. The van der Waals surface area contributed by atoms with Crippen LogP contribution in [0.25, 0.3) is 16.6 Å². The van der Waals surface area contributed by atoms with Crippen LogP contribution in [-0.2, 0) is 18.6 Å². The molecule has 2 N–H and O–H groups in total. The van der Waals surface area contributed by atoms with E-state index in [1.807, 2.05) is 32.6 Å². The fourth-order valence-electron chi connectivity index (χ4n) is 3.67. The summed E-state index contributed by atoms with van der Waals surface area (Å²) in [5.74, 6) is -0.434. The molecule has 0 bridgehead atoms. The zero-order chi connectivity index (χ0) is 26.8. The van der Waals surface area contributed by atoms with Gasteiger partial charge in [0.1, 0.15) is 17.2 Å². The summed E-state index contributed by atoms with van der Waals surface area (Å²) in [5.41, 5.74) is 2.58. The second-order valence-electron chi connectivity index (χ2n) is 8.34. The van der Waals surface area contributed by atoms with Crippen LogP contribution < -0.4 is 0 Å². The fourth-order valence-corrected chi connectivity index (χ4v) is 3.67. The number of halogens is 2. The van der Waals surface area contributed by atoms with Crippen LogP contribution in [-0.4, -0.2) is 32.9 Å². The van der Waals surface area contributed by atoms with Crippen molar-refractivity contribution in [2.75, 3.05) is 6.54 Å². The quantitative estimate of drug-likeness (QED) is 0.358. The molecule has 2 aromatic heterocycles. The fraction of sp³-hybridized carbons (Fsp3) is 0.500. The molecule has 0 atom stereocenters. The SMILES string of the molecule is C=C(c1cc2c(C(C)(C)F)ccc(F)c2[nH]1)N1CCc2[nH]nc(C=O)c2C1.CC.CC.CCCC. The molecule has 0 unspecified atom stereocenters. The minimum atomic E-state index is -1.59. The van der Waals surface area contributed by atoms with Crippen LogP contribution in [0, 0.1) is 5.82 Å². The molecule has 1 aromatic carbocycles. The van der Waals surface area contributed by atoms with Gasteiger partial charge in [0.15, 0.2) is 6.29 Å². The molecular formula is C28H42F2N4O. The average molecular weight is 489 g/mol. The maximum absolute atomic E-state index is 14.5. The van der Waals surface area contributed by atoms with Gasteiger partial charge in [-0.2, -0.15) is 5.10 Å². The van der Waals surface area contributed by atoms with Gasteiger partial charge in [0, 0.05) is 36.2 Å². The van der Waals surface area contributed by atoms with Crippen LogP contribution in [0.2, 0.25) is 0 Å². The highest BCUT2D eigenvalue weighted by atomic mass is 19.1. The molecule has 194 valence electrons. The second-order valence-corrected chi connectivity index (χ2v) is 8.34. The van der Waals surface area contributed by atoms with E-state index in [9.17, 15) is 13.6 Å². The lowest BCUT2D eigenvalue weighted by Crippen LogP contribution is -2.29. The van der Waals surface area contributed by atoms with Crippen molar-refractivity contribution in [3.05, 3.63) is 58.8 Å². The molecule has 35 heavy (non-hydrogen) atoms. The minimum Gasteiger partial charge on any atom is -0.365 e. The number of carbonyl (C=O) groups is 1. The van der Waals surface area contributed by atoms with Gasteiger partial charge in [-0.05, 0) is 31.5 Å². The standard InChI is InChI=1S/C20H20F2N4O.C4H10.2C2H6/c1-11(26-7-6-16-13(9-26)18(10-27)25-24-16)17-8-12-14(20(2,3)22)4-5-15(21)19(12)23-17;1-3-4-2;2*1-2/h4-5,8,10,23H,1,6-7,9H2,2-3H3,(H,24,25);3-4H2,1-2H3;2*1-2H3. The Balaban J connectivity index is 0.000000684. The summed E-state index contributed by atoms with van der Waals surface area (Å²) >= 11 is 0. The molecule has 0 saturated carbocycles. The number of benzene rings is 1. The first-order chi connectivity index (χ1) is 16.7. The third-order valence-corrected chi connectivity index (χ3v) is 5.65. The van der Waals surface area contributed by atoms with Gasteiger partial charge in [-0.15, -0.1) is 0 Å². The van der Waals surface area contributed by atoms with Gasteiger partial charge in [0.2, 0.25) is 0 Å². The summed E-state index contributed by atoms with van der Waals surface area (Å²) in [5, 5.41) is 7.42. The first kappa shape index (κ1) is 30.1. The first-order valence-corrected chi connectivity index (χ1v) is 12.7. The minimum absolute atomic E-state index is 0.268. The van der Waals surface area contributed by atoms with Crippen LogP contribution >= 0.6 is 0 Å². The van der Waals surface area contributed by atoms with E-state index in [-0.39, 0.29) is 5.52 Å². The van der Waals surface area contributed by atoms with Crippen molar-refractivity contribution in [2.45, 2.75) is 86.9 Å². The summed E-state index contributed by atoms with van der Waals surface area (Å²) in [7, 11) is 0. The van der Waals surface area contributed by atoms with Gasteiger partial charge in [-0.25, -0.2) is 8.78 Å². The molecule has 0 saturated heterocycles. The van der Waals surface area contributed by atoms with Crippen LogP contribution in [0.4, 0.5) is 8.78 Å².